The Hall–Kier alpha value is -2.43. The van der Waals surface area contributed by atoms with Crippen molar-refractivity contribution in [3.63, 3.8) is 0 Å². The van der Waals surface area contributed by atoms with Crippen molar-refractivity contribution in [2.24, 2.45) is 5.92 Å². The van der Waals surface area contributed by atoms with Crippen molar-refractivity contribution in [3.8, 4) is 0 Å². The predicted octanol–water partition coefficient (Wildman–Crippen LogP) is 3.37. The second-order valence-electron chi connectivity index (χ2n) is 7.19. The lowest BCUT2D eigenvalue weighted by atomic mass is 10.1. The summed E-state index contributed by atoms with van der Waals surface area (Å²) in [5.41, 5.74) is 0.343. The smallest absolute Gasteiger partial charge is 0.375 e. The Labute approximate surface area is 148 Å². The Morgan fingerprint density at radius 3 is 2.28 bits per heavy atom. The van der Waals surface area contributed by atoms with Gasteiger partial charge in [-0.2, -0.15) is 0 Å². The molecule has 0 saturated heterocycles. The highest BCUT2D eigenvalue weighted by atomic mass is 16.6. The normalized spacial score (nSPS) is 14.8. The summed E-state index contributed by atoms with van der Waals surface area (Å²) in [5, 5.41) is 0. The first-order chi connectivity index (χ1) is 11.7. The molecule has 0 heterocycles. The number of allylic oxidation sites excluding steroid dienone is 1. The van der Waals surface area contributed by atoms with Gasteiger partial charge in [0.05, 0.1) is 0 Å². The van der Waals surface area contributed by atoms with Gasteiger partial charge in [-0.15, -0.1) is 0 Å². The van der Waals surface area contributed by atoms with Gasteiger partial charge in [0, 0.05) is 12.0 Å². The van der Waals surface area contributed by atoms with Crippen molar-refractivity contribution in [3.05, 3.63) is 47.5 Å². The van der Waals surface area contributed by atoms with E-state index in [1.54, 1.807) is 26.8 Å². The van der Waals surface area contributed by atoms with Gasteiger partial charge in [-0.3, -0.25) is 4.79 Å². The molecule has 1 aromatic carbocycles. The minimum absolute atomic E-state index is 0.127. The number of benzene rings is 1. The lowest BCUT2D eigenvalue weighted by molar-refractivity contribution is -0.162. The Bertz CT molecular complexity index is 663. The maximum absolute atomic E-state index is 12.3. The fourth-order valence-electron chi connectivity index (χ4n) is 2.14. The minimum atomic E-state index is -0.926. The molecule has 0 aliphatic heterocycles. The van der Waals surface area contributed by atoms with Crippen LogP contribution in [0.5, 0.6) is 0 Å². The Morgan fingerprint density at radius 1 is 1.08 bits per heavy atom. The van der Waals surface area contributed by atoms with E-state index in [1.165, 1.54) is 0 Å². The SMILES string of the molecule is CC(C)(C)OC(=O)C(=O)C/C(=C\C1CC1)C(=O)OCc1ccccc1. The van der Waals surface area contributed by atoms with E-state index in [0.717, 1.165) is 18.4 Å². The van der Waals surface area contributed by atoms with Gasteiger partial charge in [0.25, 0.3) is 0 Å². The molecule has 0 unspecified atom stereocenters. The lowest BCUT2D eigenvalue weighted by Gasteiger charge is -2.18. The third-order valence-corrected chi connectivity index (χ3v) is 3.51. The molecule has 0 bridgehead atoms. The molecular weight excluding hydrogens is 320 g/mol. The number of carbonyl (C=O) groups is 3. The van der Waals surface area contributed by atoms with Crippen LogP contribution in [0.1, 0.15) is 45.6 Å². The molecule has 1 fully saturated rings. The molecule has 0 atom stereocenters. The Balaban J connectivity index is 1.97. The average Bonchev–Trinajstić information content (AvgIpc) is 3.35. The number of ketones is 1. The van der Waals surface area contributed by atoms with Gasteiger partial charge in [-0.05, 0) is 45.1 Å². The van der Waals surface area contributed by atoms with Crippen LogP contribution in [0, 0.1) is 5.92 Å². The molecule has 2 rings (SSSR count). The van der Waals surface area contributed by atoms with Crippen LogP contribution in [0.4, 0.5) is 0 Å². The van der Waals surface area contributed by atoms with Crippen LogP contribution in [0.15, 0.2) is 42.0 Å². The van der Waals surface area contributed by atoms with Gasteiger partial charge in [-0.1, -0.05) is 36.4 Å². The predicted molar refractivity (Wildman–Crippen MR) is 92.5 cm³/mol. The van der Waals surface area contributed by atoms with E-state index in [1.807, 2.05) is 30.3 Å². The number of Topliss-reactive ketones (excluding diaryl/α,β-unsaturated/α-hetero) is 1. The van der Waals surface area contributed by atoms with Crippen LogP contribution in [-0.4, -0.2) is 23.3 Å². The first kappa shape index (κ1) is 18.9. The molecule has 1 aliphatic rings. The standard InChI is InChI=1S/C20H24O5/c1-20(2,3)25-19(23)17(21)12-16(11-14-9-10-14)18(22)24-13-15-7-5-4-6-8-15/h4-8,11,14H,9-10,12-13H2,1-3H3/b16-11+. The number of ether oxygens (including phenoxy) is 2. The second-order valence-corrected chi connectivity index (χ2v) is 7.19. The number of hydrogen-bond donors (Lipinski definition) is 0. The second kappa shape index (κ2) is 8.10. The molecule has 1 aliphatic carbocycles. The van der Waals surface area contributed by atoms with E-state index in [2.05, 4.69) is 0 Å². The zero-order chi connectivity index (χ0) is 18.4. The molecule has 0 radical (unpaired) electrons. The molecule has 5 nitrogen and oxygen atoms in total. The molecule has 134 valence electrons. The van der Waals surface area contributed by atoms with Gasteiger partial charge in [0.1, 0.15) is 12.2 Å². The lowest BCUT2D eigenvalue weighted by Crippen LogP contribution is -2.29. The zero-order valence-electron chi connectivity index (χ0n) is 14.9. The summed E-state index contributed by atoms with van der Waals surface area (Å²) in [6.45, 7) is 5.19. The summed E-state index contributed by atoms with van der Waals surface area (Å²) in [6, 6.07) is 9.29. The number of carbonyl (C=O) groups excluding carboxylic acids is 3. The quantitative estimate of drug-likeness (QED) is 0.431. The largest absolute Gasteiger partial charge is 0.457 e. The summed E-state index contributed by atoms with van der Waals surface area (Å²) in [6.07, 6.45) is 3.42. The highest BCUT2D eigenvalue weighted by molar-refractivity contribution is 6.35. The fraction of sp³-hybridized carbons (Fsp3) is 0.450. The fourth-order valence-corrected chi connectivity index (χ4v) is 2.14. The Kier molecular flexibility index (Phi) is 6.12. The highest BCUT2D eigenvalue weighted by Crippen LogP contribution is 2.32. The number of hydrogen-bond acceptors (Lipinski definition) is 5. The van der Waals surface area contributed by atoms with Crippen molar-refractivity contribution in [1.29, 1.82) is 0 Å². The highest BCUT2D eigenvalue weighted by Gasteiger charge is 2.28. The summed E-state index contributed by atoms with van der Waals surface area (Å²) in [5.74, 6) is -1.94. The van der Waals surface area contributed by atoms with Crippen LogP contribution in [0.2, 0.25) is 0 Å². The Morgan fingerprint density at radius 2 is 1.72 bits per heavy atom. The number of rotatable bonds is 7. The van der Waals surface area contributed by atoms with Crippen molar-refractivity contribution >= 4 is 17.7 Å². The van der Waals surface area contributed by atoms with E-state index < -0.39 is 23.3 Å². The summed E-state index contributed by atoms with van der Waals surface area (Å²) >= 11 is 0. The molecule has 0 spiro atoms. The average molecular weight is 344 g/mol. The van der Waals surface area contributed by atoms with Crippen molar-refractivity contribution in [1.82, 2.24) is 0 Å². The van der Waals surface area contributed by atoms with Crippen LogP contribution in [0.3, 0.4) is 0 Å². The van der Waals surface area contributed by atoms with Crippen LogP contribution >= 0.6 is 0 Å². The third-order valence-electron chi connectivity index (χ3n) is 3.51. The van der Waals surface area contributed by atoms with Gasteiger partial charge >= 0.3 is 11.9 Å². The number of esters is 2. The molecule has 1 aromatic rings. The topological polar surface area (TPSA) is 69.7 Å². The van der Waals surface area contributed by atoms with Gasteiger partial charge in [0.2, 0.25) is 5.78 Å². The first-order valence-electron chi connectivity index (χ1n) is 8.42. The van der Waals surface area contributed by atoms with Crippen molar-refractivity contribution in [2.75, 3.05) is 0 Å². The molecule has 0 aromatic heterocycles. The molecule has 25 heavy (non-hydrogen) atoms. The first-order valence-corrected chi connectivity index (χ1v) is 8.42. The van der Waals surface area contributed by atoms with Gasteiger partial charge in [0.15, 0.2) is 0 Å². The van der Waals surface area contributed by atoms with Crippen molar-refractivity contribution < 1.29 is 23.9 Å². The third kappa shape index (κ3) is 6.91. The summed E-state index contributed by atoms with van der Waals surface area (Å²) in [7, 11) is 0. The monoisotopic (exact) mass is 344 g/mol. The molecule has 0 amide bonds. The summed E-state index contributed by atoms with van der Waals surface area (Å²) < 4.78 is 10.4. The van der Waals surface area contributed by atoms with Gasteiger partial charge in [-0.25, -0.2) is 9.59 Å². The van der Waals surface area contributed by atoms with E-state index in [9.17, 15) is 14.4 Å². The van der Waals surface area contributed by atoms with Crippen LogP contribution in [0.25, 0.3) is 0 Å². The van der Waals surface area contributed by atoms with E-state index in [4.69, 9.17) is 9.47 Å². The van der Waals surface area contributed by atoms with Crippen molar-refractivity contribution in [2.45, 2.75) is 52.2 Å². The molecular formula is C20H24O5. The maximum atomic E-state index is 12.3. The maximum Gasteiger partial charge on any atom is 0.375 e. The van der Waals surface area contributed by atoms with E-state index in [-0.39, 0.29) is 24.5 Å². The summed E-state index contributed by atoms with van der Waals surface area (Å²) in [4.78, 5) is 36.3. The minimum Gasteiger partial charge on any atom is -0.457 e. The van der Waals surface area contributed by atoms with Crippen LogP contribution < -0.4 is 0 Å². The van der Waals surface area contributed by atoms with Gasteiger partial charge < -0.3 is 9.47 Å². The van der Waals surface area contributed by atoms with Crippen LogP contribution in [-0.2, 0) is 30.5 Å². The molecule has 0 N–H and O–H groups in total. The molecule has 5 heteroatoms. The van der Waals surface area contributed by atoms with E-state index >= 15 is 0 Å². The van der Waals surface area contributed by atoms with E-state index in [0.29, 0.717) is 0 Å². The molecule has 1 saturated carbocycles. The zero-order valence-corrected chi connectivity index (χ0v) is 14.9.